The number of urea groups is 1. The van der Waals surface area contributed by atoms with Gasteiger partial charge < -0.3 is 0 Å². The lowest BCUT2D eigenvalue weighted by Crippen LogP contribution is -2.29. The third-order valence-electron chi connectivity index (χ3n) is 2.42. The lowest BCUT2D eigenvalue weighted by molar-refractivity contribution is -0.0597. The number of hydrogen-bond acceptors (Lipinski definition) is 4. The first kappa shape index (κ1) is 13.8. The maximum Gasteiger partial charge on any atom is 0.346 e. The van der Waals surface area contributed by atoms with E-state index < -0.39 is 0 Å². The third kappa shape index (κ3) is 3.44. The number of carbonyl (C=O) groups excluding carboxylic acids is 1. The van der Waals surface area contributed by atoms with Crippen LogP contribution in [-0.2, 0) is 4.84 Å². The maximum atomic E-state index is 11.6. The molecule has 0 spiro atoms. The second-order valence-electron chi connectivity index (χ2n) is 3.70. The Labute approximate surface area is 119 Å². The van der Waals surface area contributed by atoms with Crippen molar-refractivity contribution in [2.24, 2.45) is 0 Å². The van der Waals surface area contributed by atoms with E-state index in [0.717, 1.165) is 16.3 Å². The molecule has 19 heavy (non-hydrogen) atoms. The van der Waals surface area contributed by atoms with Crippen molar-refractivity contribution in [3.8, 4) is 11.3 Å². The van der Waals surface area contributed by atoms with Crippen LogP contribution in [0.3, 0.4) is 0 Å². The van der Waals surface area contributed by atoms with Gasteiger partial charge in [0.05, 0.1) is 12.8 Å². The minimum absolute atomic E-state index is 0.358. The predicted octanol–water partition coefficient (Wildman–Crippen LogP) is 3.49. The molecule has 0 saturated heterocycles. The molecule has 1 aromatic carbocycles. The Kier molecular flexibility index (Phi) is 4.36. The highest BCUT2D eigenvalue weighted by Crippen LogP contribution is 2.27. The van der Waals surface area contributed by atoms with Gasteiger partial charge in [0, 0.05) is 23.7 Å². The Morgan fingerprint density at radius 3 is 2.95 bits per heavy atom. The molecule has 0 radical (unpaired) electrons. The molecule has 1 heterocycles. The van der Waals surface area contributed by atoms with E-state index in [1.54, 1.807) is 12.1 Å². The van der Waals surface area contributed by atoms with Crippen LogP contribution < -0.4 is 5.32 Å². The van der Waals surface area contributed by atoms with Crippen molar-refractivity contribution in [1.82, 2.24) is 9.44 Å². The lowest BCUT2D eigenvalue weighted by Gasteiger charge is -2.12. The molecule has 0 fully saturated rings. The van der Waals surface area contributed by atoms with Crippen molar-refractivity contribution in [2.45, 2.75) is 0 Å². The summed E-state index contributed by atoms with van der Waals surface area (Å²) in [4.78, 5) is 16.4. The topological polar surface area (TPSA) is 54.5 Å². The van der Waals surface area contributed by atoms with Gasteiger partial charge in [0.1, 0.15) is 5.00 Å². The van der Waals surface area contributed by atoms with Crippen molar-refractivity contribution >= 4 is 34.2 Å². The summed E-state index contributed by atoms with van der Waals surface area (Å²) in [5.41, 5.74) is 1.67. The van der Waals surface area contributed by atoms with Crippen LogP contribution in [0.15, 0.2) is 30.3 Å². The van der Waals surface area contributed by atoms with Crippen LogP contribution >= 0.6 is 23.1 Å². The van der Waals surface area contributed by atoms with Gasteiger partial charge in [-0.25, -0.2) is 9.86 Å². The zero-order chi connectivity index (χ0) is 13.8. The largest absolute Gasteiger partial charge is 0.346 e. The van der Waals surface area contributed by atoms with Gasteiger partial charge in [0.2, 0.25) is 0 Å². The number of hydrogen-bond donors (Lipinski definition) is 1. The van der Waals surface area contributed by atoms with Crippen LogP contribution in [-0.4, -0.2) is 29.6 Å². The first-order valence-corrected chi connectivity index (χ1v) is 6.57. The van der Waals surface area contributed by atoms with Crippen molar-refractivity contribution in [3.05, 3.63) is 35.4 Å². The van der Waals surface area contributed by atoms with E-state index in [0.29, 0.717) is 10.0 Å². The molecule has 100 valence electrons. The molecular weight excluding hydrogens is 286 g/mol. The standard InChI is InChI=1S/C12H12ClN3O2S/c1-16(18-2)12(17)14-11-7-10(15-19-11)8-4-3-5-9(13)6-8/h3-7H,1-2H3,(H,14,17). The smallest absolute Gasteiger partial charge is 0.296 e. The van der Waals surface area contributed by atoms with Crippen LogP contribution in [0.2, 0.25) is 5.02 Å². The number of amides is 2. The van der Waals surface area contributed by atoms with Crippen LogP contribution in [0.5, 0.6) is 0 Å². The molecule has 0 unspecified atom stereocenters. The second-order valence-corrected chi connectivity index (χ2v) is 4.94. The molecule has 1 aromatic heterocycles. The lowest BCUT2D eigenvalue weighted by atomic mass is 10.1. The quantitative estimate of drug-likeness (QED) is 0.882. The van der Waals surface area contributed by atoms with E-state index in [-0.39, 0.29) is 6.03 Å². The van der Waals surface area contributed by atoms with E-state index in [4.69, 9.17) is 16.4 Å². The fourth-order valence-corrected chi connectivity index (χ4v) is 2.23. The molecular formula is C12H12ClN3O2S. The number of nitrogens with zero attached hydrogens (tertiary/aromatic N) is 2. The average molecular weight is 298 g/mol. The molecule has 2 amide bonds. The van der Waals surface area contributed by atoms with E-state index in [2.05, 4.69) is 9.69 Å². The van der Waals surface area contributed by atoms with Crippen LogP contribution in [0, 0.1) is 0 Å². The fraction of sp³-hybridized carbons (Fsp3) is 0.167. The number of halogens is 1. The minimum Gasteiger partial charge on any atom is -0.296 e. The number of benzene rings is 1. The summed E-state index contributed by atoms with van der Waals surface area (Å²) in [6.07, 6.45) is 0. The minimum atomic E-state index is -0.358. The highest BCUT2D eigenvalue weighted by atomic mass is 35.5. The maximum absolute atomic E-state index is 11.6. The normalized spacial score (nSPS) is 10.3. The van der Waals surface area contributed by atoms with Crippen molar-refractivity contribution in [3.63, 3.8) is 0 Å². The Bertz CT molecular complexity index is 588. The summed E-state index contributed by atoms with van der Waals surface area (Å²) >= 11 is 7.13. The van der Waals surface area contributed by atoms with Crippen molar-refractivity contribution in [2.75, 3.05) is 19.5 Å². The summed E-state index contributed by atoms with van der Waals surface area (Å²) < 4.78 is 4.27. The van der Waals surface area contributed by atoms with Gasteiger partial charge in [-0.3, -0.25) is 10.2 Å². The average Bonchev–Trinajstić information content (AvgIpc) is 2.86. The van der Waals surface area contributed by atoms with Gasteiger partial charge in [-0.05, 0) is 23.7 Å². The van der Waals surface area contributed by atoms with Crippen molar-refractivity contribution < 1.29 is 9.63 Å². The van der Waals surface area contributed by atoms with Gasteiger partial charge in [-0.15, -0.1) is 0 Å². The summed E-state index contributed by atoms with van der Waals surface area (Å²) in [5, 5.41) is 5.07. The molecule has 0 atom stereocenters. The van der Waals surface area contributed by atoms with Gasteiger partial charge in [-0.2, -0.15) is 4.37 Å². The van der Waals surface area contributed by atoms with E-state index in [1.807, 2.05) is 18.2 Å². The van der Waals surface area contributed by atoms with Crippen LogP contribution in [0.4, 0.5) is 9.80 Å². The zero-order valence-corrected chi connectivity index (χ0v) is 12.0. The highest BCUT2D eigenvalue weighted by Gasteiger charge is 2.11. The highest BCUT2D eigenvalue weighted by molar-refractivity contribution is 7.10. The molecule has 2 rings (SSSR count). The molecule has 7 heteroatoms. The summed E-state index contributed by atoms with van der Waals surface area (Å²) in [6, 6.07) is 8.82. The SMILES string of the molecule is CON(C)C(=O)Nc1cc(-c2cccc(Cl)c2)ns1. The second kappa shape index (κ2) is 6.01. The first-order chi connectivity index (χ1) is 9.10. The summed E-state index contributed by atoms with van der Waals surface area (Å²) in [5.74, 6) is 0. The molecule has 0 saturated carbocycles. The van der Waals surface area contributed by atoms with E-state index in [9.17, 15) is 4.79 Å². The Balaban J connectivity index is 2.13. The molecule has 5 nitrogen and oxygen atoms in total. The number of nitrogens with one attached hydrogen (secondary N) is 1. The van der Waals surface area contributed by atoms with Crippen LogP contribution in [0.1, 0.15) is 0 Å². The third-order valence-corrected chi connectivity index (χ3v) is 3.36. The number of hydroxylamine groups is 2. The van der Waals surface area contributed by atoms with E-state index >= 15 is 0 Å². The van der Waals surface area contributed by atoms with E-state index in [1.165, 1.54) is 25.7 Å². The zero-order valence-electron chi connectivity index (χ0n) is 10.4. The fourth-order valence-electron chi connectivity index (χ4n) is 1.39. The molecule has 2 aromatic rings. The van der Waals surface area contributed by atoms with Gasteiger partial charge in [0.25, 0.3) is 0 Å². The monoisotopic (exact) mass is 297 g/mol. The molecule has 1 N–H and O–H groups in total. The first-order valence-electron chi connectivity index (χ1n) is 5.41. The molecule has 0 bridgehead atoms. The Morgan fingerprint density at radius 2 is 2.26 bits per heavy atom. The predicted molar refractivity (Wildman–Crippen MR) is 76.4 cm³/mol. The molecule has 0 aliphatic rings. The summed E-state index contributed by atoms with van der Waals surface area (Å²) in [7, 11) is 2.94. The van der Waals surface area contributed by atoms with Gasteiger partial charge in [0.15, 0.2) is 0 Å². The number of anilines is 1. The number of aromatic nitrogens is 1. The number of carbonyl (C=O) groups is 1. The molecule has 0 aliphatic heterocycles. The molecule has 0 aliphatic carbocycles. The van der Waals surface area contributed by atoms with Gasteiger partial charge in [-0.1, -0.05) is 23.7 Å². The Morgan fingerprint density at radius 1 is 1.47 bits per heavy atom. The number of rotatable bonds is 3. The summed E-state index contributed by atoms with van der Waals surface area (Å²) in [6.45, 7) is 0. The van der Waals surface area contributed by atoms with Gasteiger partial charge >= 0.3 is 6.03 Å². The Hall–Kier alpha value is -1.63. The van der Waals surface area contributed by atoms with Crippen molar-refractivity contribution in [1.29, 1.82) is 0 Å². The van der Waals surface area contributed by atoms with Crippen LogP contribution in [0.25, 0.3) is 11.3 Å².